The smallest absolute Gasteiger partial charge is 0.265 e. The number of benzene rings is 5. The summed E-state index contributed by atoms with van der Waals surface area (Å²) >= 11 is 3.63. The number of hydrogen-bond acceptors (Lipinski definition) is 5. The van der Waals surface area contributed by atoms with E-state index >= 15 is 0 Å². The van der Waals surface area contributed by atoms with Crippen molar-refractivity contribution in [1.29, 1.82) is 0 Å². The van der Waals surface area contributed by atoms with Crippen molar-refractivity contribution in [3.63, 3.8) is 0 Å². The van der Waals surface area contributed by atoms with Crippen LogP contribution in [0.15, 0.2) is 161 Å². The molecule has 1 N–H and O–H groups in total. The summed E-state index contributed by atoms with van der Waals surface area (Å²) < 4.78 is 36.4. The zero-order chi connectivity index (χ0) is 40.6. The minimum absolute atomic E-state index is 0.266. The number of thiazole rings is 1. The SMILES string of the molecule is CC1CC(C=C2Sc3ccc(-c4ccccc4)cc3N2CCCCCCCc2ccccc2)=CC(=Cc2sc3ccc(-c4ccccc4)cc3[n+]2CCCS(=O)(=O)O)C1. The van der Waals surface area contributed by atoms with E-state index in [-0.39, 0.29) is 5.75 Å². The Morgan fingerprint density at radius 3 is 2.12 bits per heavy atom. The highest BCUT2D eigenvalue weighted by Gasteiger charge is 2.27. The van der Waals surface area contributed by atoms with Crippen molar-refractivity contribution in [1.82, 2.24) is 0 Å². The molecule has 8 heteroatoms. The Balaban J connectivity index is 1.06. The Bertz CT molecular complexity index is 2580. The van der Waals surface area contributed by atoms with E-state index in [1.807, 2.05) is 30.0 Å². The third kappa shape index (κ3) is 10.7. The second-order valence-electron chi connectivity index (χ2n) is 16.0. The lowest BCUT2D eigenvalue weighted by Crippen LogP contribution is -2.36. The van der Waals surface area contributed by atoms with Gasteiger partial charge in [-0.25, -0.2) is 0 Å². The quantitative estimate of drug-likeness (QED) is 0.0598. The van der Waals surface area contributed by atoms with E-state index in [1.165, 1.54) is 69.1 Å². The highest BCUT2D eigenvalue weighted by atomic mass is 32.2. The van der Waals surface area contributed by atoms with E-state index in [1.54, 1.807) is 11.3 Å². The predicted octanol–water partition coefficient (Wildman–Crippen LogP) is 13.2. The van der Waals surface area contributed by atoms with Crippen molar-refractivity contribution in [2.45, 2.75) is 76.2 Å². The molecule has 5 aromatic carbocycles. The average molecular weight is 838 g/mol. The van der Waals surface area contributed by atoms with Crippen molar-refractivity contribution in [3.8, 4) is 22.3 Å². The molecule has 1 aliphatic carbocycles. The van der Waals surface area contributed by atoms with Gasteiger partial charge in [0.2, 0.25) is 5.52 Å². The number of unbranched alkanes of at least 4 members (excludes halogenated alkanes) is 4. The molecule has 6 aromatic rings. The number of anilines is 1. The number of aromatic nitrogens is 1. The summed E-state index contributed by atoms with van der Waals surface area (Å²) in [6.07, 6.45) is 16.7. The summed E-state index contributed by atoms with van der Waals surface area (Å²) in [5.74, 6) is 0.214. The van der Waals surface area contributed by atoms with Crippen molar-refractivity contribution in [2.24, 2.45) is 5.92 Å². The van der Waals surface area contributed by atoms with E-state index in [4.69, 9.17) is 0 Å². The molecule has 8 rings (SSSR count). The third-order valence-corrected chi connectivity index (χ3v) is 14.3. The maximum absolute atomic E-state index is 11.7. The lowest BCUT2D eigenvalue weighted by molar-refractivity contribution is -0.668. The van der Waals surface area contributed by atoms with Crippen LogP contribution in [0, 0.1) is 5.92 Å². The van der Waals surface area contributed by atoms with Gasteiger partial charge in [-0.2, -0.15) is 13.0 Å². The summed E-state index contributed by atoms with van der Waals surface area (Å²) in [7, 11) is -4.06. The molecule has 302 valence electrons. The molecular formula is C51H53N2O3S3+. The molecule has 59 heavy (non-hydrogen) atoms. The molecule has 1 aromatic heterocycles. The molecule has 1 atom stereocenters. The van der Waals surface area contributed by atoms with Crippen LogP contribution in [0.2, 0.25) is 0 Å². The number of rotatable bonds is 16. The molecule has 0 amide bonds. The van der Waals surface area contributed by atoms with Gasteiger partial charge in [-0.15, -0.1) is 0 Å². The first-order chi connectivity index (χ1) is 28.8. The Morgan fingerprint density at radius 2 is 1.39 bits per heavy atom. The fourth-order valence-corrected chi connectivity index (χ4v) is 11.2. The Kier molecular flexibility index (Phi) is 13.3. The van der Waals surface area contributed by atoms with E-state index in [2.05, 4.69) is 144 Å². The molecule has 2 aliphatic rings. The largest absolute Gasteiger partial charge is 0.335 e. The van der Waals surface area contributed by atoms with E-state index < -0.39 is 10.1 Å². The fraction of sp³-hybridized carbons (Fsp3) is 0.275. The number of hydrogen-bond donors (Lipinski definition) is 1. The molecular weight excluding hydrogens is 785 g/mol. The molecule has 2 heterocycles. The van der Waals surface area contributed by atoms with Crippen molar-refractivity contribution in [2.75, 3.05) is 17.2 Å². The van der Waals surface area contributed by atoms with Crippen LogP contribution >= 0.6 is 23.1 Å². The van der Waals surface area contributed by atoms with E-state index in [0.717, 1.165) is 58.6 Å². The predicted molar refractivity (Wildman–Crippen MR) is 249 cm³/mol. The van der Waals surface area contributed by atoms with Crippen LogP contribution in [0.25, 0.3) is 38.5 Å². The second-order valence-corrected chi connectivity index (χ2v) is 19.7. The van der Waals surface area contributed by atoms with E-state index in [9.17, 15) is 13.0 Å². The van der Waals surface area contributed by atoms with Gasteiger partial charge >= 0.3 is 0 Å². The number of nitrogens with zero attached hydrogens (tertiary/aromatic N) is 2. The zero-order valence-corrected chi connectivity index (χ0v) is 36.3. The topological polar surface area (TPSA) is 61.5 Å². The van der Waals surface area contributed by atoms with Crippen molar-refractivity contribution < 1.29 is 17.5 Å². The molecule has 0 saturated carbocycles. The Hall–Kier alpha value is -4.73. The van der Waals surface area contributed by atoms with Gasteiger partial charge in [0.25, 0.3) is 15.1 Å². The van der Waals surface area contributed by atoms with Crippen LogP contribution in [0.4, 0.5) is 5.69 Å². The second kappa shape index (κ2) is 19.1. The third-order valence-electron chi connectivity index (χ3n) is 11.3. The van der Waals surface area contributed by atoms with Gasteiger partial charge in [0.05, 0.1) is 16.5 Å². The van der Waals surface area contributed by atoms with Crippen molar-refractivity contribution in [3.05, 3.63) is 166 Å². The van der Waals surface area contributed by atoms with Crippen LogP contribution in [-0.4, -0.2) is 25.3 Å². The summed E-state index contributed by atoms with van der Waals surface area (Å²) in [5.41, 5.74) is 11.2. The van der Waals surface area contributed by atoms with Crippen LogP contribution < -0.4 is 9.47 Å². The monoisotopic (exact) mass is 837 g/mol. The van der Waals surface area contributed by atoms with Crippen molar-refractivity contribution >= 4 is 55.2 Å². The number of fused-ring (bicyclic) bond motifs is 2. The minimum Gasteiger partial charge on any atom is -0.335 e. The Labute approximate surface area is 358 Å². The summed E-state index contributed by atoms with van der Waals surface area (Å²) in [6, 6.07) is 45.4. The first-order valence-corrected chi connectivity index (χ1v) is 24.3. The maximum atomic E-state index is 11.7. The molecule has 0 saturated heterocycles. The lowest BCUT2D eigenvalue weighted by Gasteiger charge is -2.24. The van der Waals surface area contributed by atoms with Crippen LogP contribution in [0.5, 0.6) is 0 Å². The molecule has 0 bridgehead atoms. The van der Waals surface area contributed by atoms with Gasteiger partial charge in [0.15, 0.2) is 6.54 Å². The van der Waals surface area contributed by atoms with Gasteiger partial charge in [-0.1, -0.05) is 158 Å². The molecule has 5 nitrogen and oxygen atoms in total. The normalized spacial score (nSPS) is 16.9. The Morgan fingerprint density at radius 1 is 0.729 bits per heavy atom. The highest BCUT2D eigenvalue weighted by Crippen LogP contribution is 2.48. The molecule has 0 fully saturated rings. The van der Waals surface area contributed by atoms with E-state index in [0.29, 0.717) is 18.9 Å². The summed E-state index contributed by atoms with van der Waals surface area (Å²) in [5, 5.41) is 2.39. The summed E-state index contributed by atoms with van der Waals surface area (Å²) in [4.78, 5) is 3.88. The lowest BCUT2D eigenvalue weighted by atomic mass is 9.87. The van der Waals surface area contributed by atoms with Gasteiger partial charge in [0, 0.05) is 30.0 Å². The molecule has 0 radical (unpaired) electrons. The van der Waals surface area contributed by atoms with Crippen LogP contribution in [0.3, 0.4) is 0 Å². The molecule has 1 unspecified atom stereocenters. The number of thioether (sulfide) groups is 1. The maximum Gasteiger partial charge on any atom is 0.265 e. The van der Waals surface area contributed by atoms with Gasteiger partial charge in [0.1, 0.15) is 4.70 Å². The number of allylic oxidation sites excluding steroid dienone is 4. The first-order valence-electron chi connectivity index (χ1n) is 21.0. The van der Waals surface area contributed by atoms with Gasteiger partial charge in [-0.05, 0) is 101 Å². The first kappa shape index (κ1) is 41.0. The fourth-order valence-electron chi connectivity index (χ4n) is 8.43. The molecule has 0 spiro atoms. The minimum atomic E-state index is -4.06. The summed E-state index contributed by atoms with van der Waals surface area (Å²) in [6.45, 7) is 3.83. The van der Waals surface area contributed by atoms with Gasteiger partial charge < -0.3 is 4.90 Å². The molecule has 1 aliphatic heterocycles. The van der Waals surface area contributed by atoms with Crippen LogP contribution in [-0.2, 0) is 23.1 Å². The number of aryl methyl sites for hydroxylation is 2. The zero-order valence-electron chi connectivity index (χ0n) is 33.8. The van der Waals surface area contributed by atoms with Crippen LogP contribution in [0.1, 0.15) is 68.9 Å². The standard InChI is InChI=1S/C51H52N2O3S3/c1-38-31-40(33-41(32-38)35-51-53(29-16-30-59(54,55)56)47-37-45(25-27-49(47)58-51)43-22-13-7-14-23-43)34-50-52(28-15-4-2-3-8-17-39-18-9-5-10-19-39)46-36-44(24-26-48(46)57-50)42-20-11-6-12-21-42/h5-7,9-14,18-27,33-38H,2-4,8,15-17,28-32H2,1H3/p+1. The highest BCUT2D eigenvalue weighted by molar-refractivity contribution is 8.03. The average Bonchev–Trinajstić information content (AvgIpc) is 3.76. The van der Waals surface area contributed by atoms with Gasteiger partial charge in [-0.3, -0.25) is 4.55 Å².